The number of methoxy groups -OCH3 is 1. The van der Waals surface area contributed by atoms with Crippen molar-refractivity contribution in [2.24, 2.45) is 0 Å². The molecule has 1 aliphatic rings. The van der Waals surface area contributed by atoms with E-state index in [-0.39, 0.29) is 0 Å². The summed E-state index contributed by atoms with van der Waals surface area (Å²) in [6.07, 6.45) is 5.79. The van der Waals surface area contributed by atoms with Gasteiger partial charge in [0, 0.05) is 30.4 Å². The molecule has 0 atom stereocenters. The van der Waals surface area contributed by atoms with Gasteiger partial charge in [0.25, 0.3) is 0 Å². The van der Waals surface area contributed by atoms with Crippen LogP contribution in [0.1, 0.15) is 51.2 Å². The second-order valence-electron chi connectivity index (χ2n) is 5.81. The number of benzene rings is 1. The average molecular weight is 329 g/mol. The van der Waals surface area contributed by atoms with Crippen molar-refractivity contribution in [1.82, 2.24) is 10.2 Å². The first-order valence-electron chi connectivity index (χ1n) is 8.94. The molecule has 0 radical (unpaired) electrons. The van der Waals surface area contributed by atoms with E-state index >= 15 is 0 Å². The summed E-state index contributed by atoms with van der Waals surface area (Å²) >= 11 is 0. The van der Waals surface area contributed by atoms with Crippen LogP contribution in [0.4, 0.5) is 0 Å². The molecule has 2 rings (SSSR count). The van der Waals surface area contributed by atoms with Gasteiger partial charge in [0.05, 0.1) is 12.7 Å². The van der Waals surface area contributed by atoms with Gasteiger partial charge in [-0.05, 0) is 38.9 Å². The van der Waals surface area contributed by atoms with E-state index in [0.717, 1.165) is 30.0 Å². The van der Waals surface area contributed by atoms with Crippen LogP contribution in [0.15, 0.2) is 24.4 Å². The Hall–Kier alpha value is -1.99. The summed E-state index contributed by atoms with van der Waals surface area (Å²) in [4.78, 5) is 2.11. The summed E-state index contributed by atoms with van der Waals surface area (Å²) in [5.41, 5.74) is 2.81. The van der Waals surface area contributed by atoms with Gasteiger partial charge in [-0.1, -0.05) is 32.4 Å². The Morgan fingerprint density at radius 1 is 1.21 bits per heavy atom. The number of unbranched alkanes of at least 4 members (excludes halogenated alkanes) is 1. The van der Waals surface area contributed by atoms with Gasteiger partial charge in [-0.2, -0.15) is 5.26 Å². The Kier molecular flexibility index (Phi) is 9.64. The minimum atomic E-state index is 0.710. The highest BCUT2D eigenvalue weighted by molar-refractivity contribution is 5.80. The summed E-state index contributed by atoms with van der Waals surface area (Å²) in [5.74, 6) is 0.858. The second kappa shape index (κ2) is 11.5. The van der Waals surface area contributed by atoms with Crippen molar-refractivity contribution in [2.45, 2.75) is 46.6 Å². The highest BCUT2D eigenvalue weighted by Crippen LogP contribution is 2.32. The smallest absolute Gasteiger partial charge is 0.124 e. The van der Waals surface area contributed by atoms with Crippen LogP contribution in [0.5, 0.6) is 5.75 Å². The van der Waals surface area contributed by atoms with Crippen molar-refractivity contribution in [2.75, 3.05) is 26.7 Å². The summed E-state index contributed by atoms with van der Waals surface area (Å²) in [6.45, 7) is 10.6. The third-order valence-corrected chi connectivity index (χ3v) is 3.98. The molecule has 0 fully saturated rings. The molecule has 1 aromatic carbocycles. The minimum absolute atomic E-state index is 0.710. The molecule has 0 spiro atoms. The molecule has 0 unspecified atom stereocenters. The summed E-state index contributed by atoms with van der Waals surface area (Å²) in [6, 6.07) is 8.07. The van der Waals surface area contributed by atoms with Crippen molar-refractivity contribution in [3.63, 3.8) is 0 Å². The second-order valence-corrected chi connectivity index (χ2v) is 5.81. The summed E-state index contributed by atoms with van der Waals surface area (Å²) in [5, 5.41) is 12.5. The number of hydrogen-bond acceptors (Lipinski definition) is 4. The molecule has 1 aromatic rings. The van der Waals surface area contributed by atoms with Crippen LogP contribution < -0.4 is 10.1 Å². The zero-order valence-corrected chi connectivity index (χ0v) is 15.6. The van der Waals surface area contributed by atoms with Gasteiger partial charge in [-0.25, -0.2) is 0 Å². The van der Waals surface area contributed by atoms with Crippen LogP contribution in [0, 0.1) is 11.3 Å². The van der Waals surface area contributed by atoms with Crippen molar-refractivity contribution in [3.05, 3.63) is 35.5 Å². The van der Waals surface area contributed by atoms with Crippen molar-refractivity contribution in [1.29, 1.82) is 5.26 Å². The third-order valence-electron chi connectivity index (χ3n) is 3.98. The Morgan fingerprint density at radius 2 is 2.00 bits per heavy atom. The van der Waals surface area contributed by atoms with E-state index in [9.17, 15) is 0 Å². The van der Waals surface area contributed by atoms with Crippen LogP contribution in [0.25, 0.3) is 5.57 Å². The fourth-order valence-electron chi connectivity index (χ4n) is 2.57. The summed E-state index contributed by atoms with van der Waals surface area (Å²) in [7, 11) is 1.66. The van der Waals surface area contributed by atoms with Crippen LogP contribution in [0.2, 0.25) is 0 Å². The Morgan fingerprint density at radius 3 is 2.58 bits per heavy atom. The number of rotatable bonds is 7. The number of nitriles is 1. The van der Waals surface area contributed by atoms with Crippen LogP contribution in [-0.4, -0.2) is 31.6 Å². The molecule has 1 aliphatic heterocycles. The molecule has 1 N–H and O–H groups in total. The van der Waals surface area contributed by atoms with Gasteiger partial charge in [0.2, 0.25) is 0 Å². The van der Waals surface area contributed by atoms with E-state index in [1.54, 1.807) is 7.11 Å². The lowest BCUT2D eigenvalue weighted by molar-refractivity contribution is 0.361. The van der Waals surface area contributed by atoms with E-state index in [1.807, 2.05) is 24.4 Å². The van der Waals surface area contributed by atoms with Gasteiger partial charge in [-0.3, -0.25) is 0 Å². The maximum Gasteiger partial charge on any atom is 0.124 e. The summed E-state index contributed by atoms with van der Waals surface area (Å²) < 4.78 is 5.33. The highest BCUT2D eigenvalue weighted by Gasteiger charge is 2.19. The van der Waals surface area contributed by atoms with Crippen LogP contribution >= 0.6 is 0 Å². The predicted octanol–water partition coefficient (Wildman–Crippen LogP) is 4.18. The van der Waals surface area contributed by atoms with Crippen molar-refractivity contribution in [3.8, 4) is 11.8 Å². The standard InChI is InChI=1S/C13H14N2O.C7H17N/c1-3-15-8-10(7-14)11-5-4-6-13(16-2)12(11)9-15;1-3-5-7-8-6-4-2/h4-6,8H,3,9H2,1-2H3;8H,3-7H2,1-2H3. The van der Waals surface area contributed by atoms with Gasteiger partial charge >= 0.3 is 0 Å². The van der Waals surface area contributed by atoms with Crippen LogP contribution in [-0.2, 0) is 6.54 Å². The molecule has 0 bridgehead atoms. The number of nitrogens with one attached hydrogen (secondary N) is 1. The Labute approximate surface area is 147 Å². The van der Waals surface area contributed by atoms with Gasteiger partial charge < -0.3 is 15.0 Å². The molecule has 0 amide bonds. The topological polar surface area (TPSA) is 48.3 Å². The largest absolute Gasteiger partial charge is 0.496 e. The molecular weight excluding hydrogens is 298 g/mol. The molecule has 0 aromatic heterocycles. The molecule has 0 aliphatic carbocycles. The SMILES string of the molecule is CCCCNCCC.CCN1C=C(C#N)c2cccc(OC)c2C1. The van der Waals surface area contributed by atoms with Crippen LogP contribution in [0.3, 0.4) is 0 Å². The maximum absolute atomic E-state index is 9.13. The fraction of sp³-hybridized carbons (Fsp3) is 0.550. The number of ether oxygens (including phenoxy) is 1. The number of fused-ring (bicyclic) bond motifs is 1. The predicted molar refractivity (Wildman–Crippen MR) is 101 cm³/mol. The van der Waals surface area contributed by atoms with E-state index < -0.39 is 0 Å². The van der Waals surface area contributed by atoms with E-state index in [0.29, 0.717) is 5.57 Å². The zero-order valence-electron chi connectivity index (χ0n) is 15.6. The third kappa shape index (κ3) is 5.90. The lowest BCUT2D eigenvalue weighted by Crippen LogP contribution is -2.21. The first kappa shape index (κ1) is 20.1. The lowest BCUT2D eigenvalue weighted by Gasteiger charge is -2.26. The first-order chi connectivity index (χ1) is 11.7. The molecule has 0 saturated heterocycles. The molecule has 1 heterocycles. The Bertz CT molecular complexity index is 554. The normalized spacial score (nSPS) is 12.5. The molecule has 4 nitrogen and oxygen atoms in total. The van der Waals surface area contributed by atoms with Gasteiger partial charge in [-0.15, -0.1) is 0 Å². The monoisotopic (exact) mass is 329 g/mol. The van der Waals surface area contributed by atoms with Crippen molar-refractivity contribution >= 4 is 5.57 Å². The van der Waals surface area contributed by atoms with Gasteiger partial charge in [0.15, 0.2) is 0 Å². The minimum Gasteiger partial charge on any atom is -0.496 e. The zero-order chi connectivity index (χ0) is 17.8. The number of nitrogens with zero attached hydrogens (tertiary/aromatic N) is 2. The maximum atomic E-state index is 9.13. The molecule has 0 saturated carbocycles. The van der Waals surface area contributed by atoms with Crippen molar-refractivity contribution < 1.29 is 4.74 Å². The number of hydrogen-bond donors (Lipinski definition) is 1. The Balaban J connectivity index is 0.000000307. The number of allylic oxidation sites excluding steroid dienone is 1. The first-order valence-corrected chi connectivity index (χ1v) is 8.94. The van der Waals surface area contributed by atoms with E-state index in [2.05, 4.69) is 37.1 Å². The van der Waals surface area contributed by atoms with Gasteiger partial charge in [0.1, 0.15) is 11.8 Å². The fourth-order valence-corrected chi connectivity index (χ4v) is 2.57. The van der Waals surface area contributed by atoms with E-state index in [1.165, 1.54) is 32.4 Å². The quantitative estimate of drug-likeness (QED) is 0.762. The average Bonchev–Trinajstić information content (AvgIpc) is 2.64. The molecule has 132 valence electrons. The molecule has 24 heavy (non-hydrogen) atoms. The highest BCUT2D eigenvalue weighted by atomic mass is 16.5. The molecular formula is C20H31N3O. The molecule has 4 heteroatoms. The lowest BCUT2D eigenvalue weighted by atomic mass is 9.97. The van der Waals surface area contributed by atoms with E-state index in [4.69, 9.17) is 10.00 Å².